The Hall–Kier alpha value is -2.95. The molecule has 1 N–H and O–H groups in total. The van der Waals surface area contributed by atoms with Crippen molar-refractivity contribution < 1.29 is 22.7 Å². The van der Waals surface area contributed by atoms with Gasteiger partial charge in [0, 0.05) is 36.6 Å². The molecule has 176 valence electrons. The number of rotatable bonds is 6. The van der Waals surface area contributed by atoms with Crippen molar-refractivity contribution >= 4 is 17.5 Å². The molecular formula is C22H24F3N5O3. The van der Waals surface area contributed by atoms with Gasteiger partial charge in [0.25, 0.3) is 5.56 Å². The predicted molar refractivity (Wildman–Crippen MR) is 113 cm³/mol. The average Bonchev–Trinajstić information content (AvgIpc) is 3.43. The molecule has 0 spiro atoms. The second-order valence-electron chi connectivity index (χ2n) is 8.88. The summed E-state index contributed by atoms with van der Waals surface area (Å²) < 4.78 is 48.6. The molecule has 0 amide bonds. The van der Waals surface area contributed by atoms with Crippen LogP contribution >= 0.6 is 0 Å². The standard InChI is InChI=1S/C22H24F3N5O3/c1-12-14(3-2-5-26-12)16(31)10-30-18(22(23,24)25)4-6-29-20(32)8-19(28-21(29)30)27-9-17-15-7-13(15)11-33-17/h2-3,5,8,13,15,17-18,27H,4,6-7,9-11H2,1H3/t13-,15?,17+,18-/m0/s1. The molecule has 1 saturated carbocycles. The largest absolute Gasteiger partial charge is 0.408 e. The summed E-state index contributed by atoms with van der Waals surface area (Å²) in [6, 6.07) is 2.45. The van der Waals surface area contributed by atoms with Gasteiger partial charge in [-0.2, -0.15) is 18.2 Å². The van der Waals surface area contributed by atoms with E-state index in [1.165, 1.54) is 22.9 Å². The topological polar surface area (TPSA) is 89.4 Å². The molecule has 33 heavy (non-hydrogen) atoms. The molecule has 2 aromatic rings. The highest BCUT2D eigenvalue weighted by molar-refractivity contribution is 6.00. The number of anilines is 2. The number of nitrogens with one attached hydrogen (secondary N) is 1. The normalized spacial score (nSPS) is 26.0. The number of aryl methyl sites for hydroxylation is 1. The lowest BCUT2D eigenvalue weighted by Crippen LogP contribution is -2.54. The van der Waals surface area contributed by atoms with E-state index in [0.29, 0.717) is 30.7 Å². The Morgan fingerprint density at radius 3 is 2.85 bits per heavy atom. The lowest BCUT2D eigenvalue weighted by Gasteiger charge is -2.38. The van der Waals surface area contributed by atoms with E-state index in [1.54, 1.807) is 13.0 Å². The number of halogens is 3. The number of hydrogen-bond acceptors (Lipinski definition) is 7. The maximum absolute atomic E-state index is 13.9. The Balaban J connectivity index is 1.45. The van der Waals surface area contributed by atoms with Crippen LogP contribution in [0.5, 0.6) is 0 Å². The molecule has 2 fully saturated rings. The smallest absolute Gasteiger partial charge is 0.376 e. The van der Waals surface area contributed by atoms with Gasteiger partial charge in [0.05, 0.1) is 19.3 Å². The van der Waals surface area contributed by atoms with Crippen LogP contribution < -0.4 is 15.8 Å². The summed E-state index contributed by atoms with van der Waals surface area (Å²) in [7, 11) is 0. The van der Waals surface area contributed by atoms with E-state index in [2.05, 4.69) is 15.3 Å². The molecule has 4 atom stereocenters. The lowest BCUT2D eigenvalue weighted by atomic mass is 10.1. The Kier molecular flexibility index (Phi) is 5.38. The van der Waals surface area contributed by atoms with Gasteiger partial charge in [-0.1, -0.05) is 0 Å². The number of carbonyl (C=O) groups excluding carboxylic acids is 1. The average molecular weight is 463 g/mol. The molecule has 1 unspecified atom stereocenters. The van der Waals surface area contributed by atoms with Crippen LogP contribution in [0.4, 0.5) is 24.9 Å². The fraction of sp³-hybridized carbons (Fsp3) is 0.545. The lowest BCUT2D eigenvalue weighted by molar-refractivity contribution is -0.152. The van der Waals surface area contributed by atoms with E-state index in [9.17, 15) is 22.8 Å². The van der Waals surface area contributed by atoms with Crippen molar-refractivity contribution in [2.45, 2.75) is 44.6 Å². The summed E-state index contributed by atoms with van der Waals surface area (Å²) in [6.07, 6.45) is -2.30. The maximum atomic E-state index is 13.9. The molecule has 0 bridgehead atoms. The molecule has 2 aliphatic heterocycles. The first-order valence-corrected chi connectivity index (χ1v) is 11.0. The first-order valence-electron chi connectivity index (χ1n) is 11.0. The number of Topliss-reactive ketones (excluding diaryl/α,β-unsaturated/α-hetero) is 1. The van der Waals surface area contributed by atoms with Crippen LogP contribution in [0.15, 0.2) is 29.2 Å². The van der Waals surface area contributed by atoms with Crippen molar-refractivity contribution in [2.24, 2.45) is 11.8 Å². The van der Waals surface area contributed by atoms with Gasteiger partial charge in [-0.25, -0.2) is 0 Å². The number of ether oxygens (including phenoxy) is 1. The summed E-state index contributed by atoms with van der Waals surface area (Å²) in [5.41, 5.74) is 0.207. The highest BCUT2D eigenvalue weighted by atomic mass is 19.4. The number of aromatic nitrogens is 3. The van der Waals surface area contributed by atoms with Crippen LogP contribution in [-0.2, 0) is 11.3 Å². The zero-order valence-corrected chi connectivity index (χ0v) is 18.0. The third kappa shape index (κ3) is 4.21. The molecule has 1 aliphatic carbocycles. The summed E-state index contributed by atoms with van der Waals surface area (Å²) in [5.74, 6) is 0.573. The van der Waals surface area contributed by atoms with Crippen molar-refractivity contribution in [3.8, 4) is 0 Å². The van der Waals surface area contributed by atoms with E-state index in [1.807, 2.05) is 0 Å². The van der Waals surface area contributed by atoms with Gasteiger partial charge in [-0.05, 0) is 43.7 Å². The minimum atomic E-state index is -4.59. The van der Waals surface area contributed by atoms with Crippen molar-refractivity contribution in [1.29, 1.82) is 0 Å². The van der Waals surface area contributed by atoms with E-state index >= 15 is 0 Å². The van der Waals surface area contributed by atoms with Crippen molar-refractivity contribution in [3.63, 3.8) is 0 Å². The number of ketones is 1. The van der Waals surface area contributed by atoms with Gasteiger partial charge in [-0.3, -0.25) is 19.1 Å². The predicted octanol–water partition coefficient (Wildman–Crippen LogP) is 2.42. The molecule has 5 rings (SSSR count). The van der Waals surface area contributed by atoms with Gasteiger partial charge in [0.1, 0.15) is 11.9 Å². The second kappa shape index (κ2) is 8.12. The first-order chi connectivity index (χ1) is 15.7. The van der Waals surface area contributed by atoms with Crippen molar-refractivity contribution in [3.05, 3.63) is 46.0 Å². The van der Waals surface area contributed by atoms with E-state index in [-0.39, 0.29) is 36.4 Å². The van der Waals surface area contributed by atoms with Crippen LogP contribution in [0.25, 0.3) is 0 Å². The highest BCUT2D eigenvalue weighted by Gasteiger charge is 2.49. The fourth-order valence-corrected chi connectivity index (χ4v) is 4.80. The molecule has 0 radical (unpaired) electrons. The van der Waals surface area contributed by atoms with Gasteiger partial charge in [-0.15, -0.1) is 0 Å². The van der Waals surface area contributed by atoms with E-state index < -0.39 is 30.1 Å². The quantitative estimate of drug-likeness (QED) is 0.658. The van der Waals surface area contributed by atoms with Crippen molar-refractivity contribution in [1.82, 2.24) is 14.5 Å². The van der Waals surface area contributed by atoms with E-state index in [4.69, 9.17) is 4.74 Å². The summed E-state index contributed by atoms with van der Waals surface area (Å²) in [4.78, 5) is 34.9. The van der Waals surface area contributed by atoms with Crippen molar-refractivity contribution in [2.75, 3.05) is 29.9 Å². The molecule has 1 saturated heterocycles. The van der Waals surface area contributed by atoms with E-state index in [0.717, 1.165) is 11.3 Å². The fourth-order valence-electron chi connectivity index (χ4n) is 4.80. The summed E-state index contributed by atoms with van der Waals surface area (Å²) >= 11 is 0. The highest BCUT2D eigenvalue weighted by Crippen LogP contribution is 2.48. The summed E-state index contributed by atoms with van der Waals surface area (Å²) in [6.45, 7) is 2.07. The first kappa shape index (κ1) is 21.9. The molecular weight excluding hydrogens is 439 g/mol. The van der Waals surface area contributed by atoms with Gasteiger partial charge in [0.15, 0.2) is 5.78 Å². The maximum Gasteiger partial charge on any atom is 0.408 e. The third-order valence-electron chi connectivity index (χ3n) is 6.71. The number of nitrogens with zero attached hydrogens (tertiary/aromatic N) is 4. The molecule has 11 heteroatoms. The minimum absolute atomic E-state index is 0.00440. The van der Waals surface area contributed by atoms with Gasteiger partial charge >= 0.3 is 6.18 Å². The van der Waals surface area contributed by atoms with Gasteiger partial charge in [0.2, 0.25) is 5.95 Å². The van der Waals surface area contributed by atoms with Crippen LogP contribution in [0.2, 0.25) is 0 Å². The zero-order valence-electron chi connectivity index (χ0n) is 18.0. The van der Waals surface area contributed by atoms with Crippen LogP contribution in [0.1, 0.15) is 28.9 Å². The third-order valence-corrected chi connectivity index (χ3v) is 6.71. The number of fused-ring (bicyclic) bond motifs is 2. The monoisotopic (exact) mass is 463 g/mol. The SMILES string of the molecule is Cc1ncccc1C(=O)CN1c2nc(NC[C@H]3OC[C@@H]4CC43)cc(=O)n2CC[C@H]1C(F)(F)F. The molecule has 2 aromatic heterocycles. The minimum Gasteiger partial charge on any atom is -0.376 e. The molecule has 4 heterocycles. The zero-order chi connectivity index (χ0) is 23.3. The molecule has 3 aliphatic rings. The second-order valence-corrected chi connectivity index (χ2v) is 8.88. The number of pyridine rings is 1. The van der Waals surface area contributed by atoms with Crippen LogP contribution in [0.3, 0.4) is 0 Å². The van der Waals surface area contributed by atoms with Crippen LogP contribution in [0, 0.1) is 18.8 Å². The molecule has 8 nitrogen and oxygen atoms in total. The van der Waals surface area contributed by atoms with Crippen LogP contribution in [-0.4, -0.2) is 58.3 Å². The number of hydrogen-bond donors (Lipinski definition) is 1. The molecule has 0 aromatic carbocycles. The van der Waals surface area contributed by atoms with Gasteiger partial charge < -0.3 is 15.0 Å². The Labute approximate surface area is 187 Å². The number of alkyl halides is 3. The summed E-state index contributed by atoms with van der Waals surface area (Å²) in [5, 5.41) is 3.05. The Morgan fingerprint density at radius 1 is 1.36 bits per heavy atom. The Morgan fingerprint density at radius 2 is 2.18 bits per heavy atom. The number of carbonyl (C=O) groups is 1. The Bertz CT molecular complexity index is 1130.